The first-order chi connectivity index (χ1) is 13.5. The Balaban J connectivity index is 2.06. The van der Waals surface area contributed by atoms with Crippen LogP contribution in [0.4, 0.5) is 0 Å². The molecule has 0 radical (unpaired) electrons. The van der Waals surface area contributed by atoms with Crippen LogP contribution in [0.25, 0.3) is 10.2 Å². The Kier molecular flexibility index (Phi) is 5.89. The van der Waals surface area contributed by atoms with Gasteiger partial charge in [0, 0.05) is 12.6 Å². The number of carbonyl (C=O) groups excluding carboxylic acids is 1. The highest BCUT2D eigenvalue weighted by molar-refractivity contribution is 7.16. The Morgan fingerprint density at radius 2 is 1.75 bits per heavy atom. The maximum atomic E-state index is 12.8. The van der Waals surface area contributed by atoms with Crippen LogP contribution in [0.15, 0.2) is 35.3 Å². The minimum atomic E-state index is -0.397. The van der Waals surface area contributed by atoms with E-state index in [1.165, 1.54) is 32.7 Å². The van der Waals surface area contributed by atoms with Crippen LogP contribution < -0.4 is 23.7 Å². The number of benzene rings is 2. The number of carbonyl (C=O) groups is 1. The summed E-state index contributed by atoms with van der Waals surface area (Å²) in [5, 5.41) is 0. The lowest BCUT2D eigenvalue weighted by Gasteiger charge is -2.12. The maximum absolute atomic E-state index is 12.8. The molecule has 0 spiro atoms. The predicted molar refractivity (Wildman–Crippen MR) is 108 cm³/mol. The molecule has 1 aromatic heterocycles. The molecule has 0 saturated carbocycles. The van der Waals surface area contributed by atoms with Gasteiger partial charge in [-0.2, -0.15) is 4.99 Å². The normalized spacial score (nSPS) is 11.5. The number of hydrogen-bond acceptors (Lipinski definition) is 6. The van der Waals surface area contributed by atoms with Crippen molar-refractivity contribution >= 4 is 27.5 Å². The van der Waals surface area contributed by atoms with Crippen LogP contribution in [0.3, 0.4) is 0 Å². The van der Waals surface area contributed by atoms with Crippen molar-refractivity contribution in [2.45, 2.75) is 6.92 Å². The van der Waals surface area contributed by atoms with Gasteiger partial charge in [0.25, 0.3) is 5.91 Å². The van der Waals surface area contributed by atoms with Gasteiger partial charge < -0.3 is 23.5 Å². The van der Waals surface area contributed by atoms with Crippen molar-refractivity contribution < 1.29 is 23.7 Å². The van der Waals surface area contributed by atoms with Gasteiger partial charge in [0.15, 0.2) is 16.3 Å². The lowest BCUT2D eigenvalue weighted by molar-refractivity contribution is 0.0997. The predicted octanol–water partition coefficient (Wildman–Crippen LogP) is 3.41. The van der Waals surface area contributed by atoms with E-state index in [0.717, 1.165) is 16.0 Å². The average molecular weight is 402 g/mol. The van der Waals surface area contributed by atoms with Gasteiger partial charge in [-0.05, 0) is 37.3 Å². The SMILES string of the molecule is CCOc1ccc2c(c1)sc(=NC(=O)c1cc(OC)c(OC)c(OC)c1)n2C. The van der Waals surface area contributed by atoms with Gasteiger partial charge in [0.05, 0.1) is 38.2 Å². The topological polar surface area (TPSA) is 71.3 Å². The van der Waals surface area contributed by atoms with Crippen LogP contribution in [0.2, 0.25) is 0 Å². The van der Waals surface area contributed by atoms with Crippen molar-refractivity contribution in [3.8, 4) is 23.0 Å². The van der Waals surface area contributed by atoms with Crippen molar-refractivity contribution in [3.63, 3.8) is 0 Å². The summed E-state index contributed by atoms with van der Waals surface area (Å²) in [6, 6.07) is 9.00. The fraction of sp³-hybridized carbons (Fsp3) is 0.300. The standard InChI is InChI=1S/C20H22N2O5S/c1-6-27-13-7-8-14-17(11-13)28-20(22(14)2)21-19(23)12-9-15(24-3)18(26-5)16(10-12)25-4/h7-11H,6H2,1-5H3. The number of aryl methyl sites for hydroxylation is 1. The number of aromatic nitrogens is 1. The van der Waals surface area contributed by atoms with Crippen LogP contribution in [-0.2, 0) is 7.05 Å². The number of rotatable bonds is 6. The summed E-state index contributed by atoms with van der Waals surface area (Å²) < 4.78 is 24.3. The zero-order valence-electron chi connectivity index (χ0n) is 16.4. The average Bonchev–Trinajstić information content (AvgIpc) is 3.01. The Morgan fingerprint density at radius 1 is 1.07 bits per heavy atom. The van der Waals surface area contributed by atoms with Crippen molar-refractivity contribution in [3.05, 3.63) is 40.7 Å². The number of amides is 1. The monoisotopic (exact) mass is 402 g/mol. The van der Waals surface area contributed by atoms with Crippen LogP contribution in [-0.4, -0.2) is 38.4 Å². The second-order valence-corrected chi connectivity index (χ2v) is 6.85. The van der Waals surface area contributed by atoms with Gasteiger partial charge in [0.1, 0.15) is 5.75 Å². The van der Waals surface area contributed by atoms with Crippen LogP contribution in [0.5, 0.6) is 23.0 Å². The highest BCUT2D eigenvalue weighted by atomic mass is 32.1. The van der Waals surface area contributed by atoms with E-state index in [1.807, 2.05) is 36.7 Å². The van der Waals surface area contributed by atoms with E-state index in [1.54, 1.807) is 12.1 Å². The molecule has 0 bridgehead atoms. The van der Waals surface area contributed by atoms with Gasteiger partial charge >= 0.3 is 0 Å². The van der Waals surface area contributed by atoms with E-state index in [-0.39, 0.29) is 0 Å². The second kappa shape index (κ2) is 8.35. The molecular formula is C20H22N2O5S. The Labute approximate surface area is 166 Å². The zero-order valence-corrected chi connectivity index (χ0v) is 17.3. The molecular weight excluding hydrogens is 380 g/mol. The summed E-state index contributed by atoms with van der Waals surface area (Å²) in [5.41, 5.74) is 1.33. The molecule has 0 aliphatic carbocycles. The van der Waals surface area contributed by atoms with Crippen LogP contribution in [0.1, 0.15) is 17.3 Å². The molecule has 1 amide bonds. The van der Waals surface area contributed by atoms with Gasteiger partial charge in [-0.15, -0.1) is 0 Å². The third-order valence-electron chi connectivity index (χ3n) is 4.20. The fourth-order valence-corrected chi connectivity index (χ4v) is 3.88. The Morgan fingerprint density at radius 3 is 2.32 bits per heavy atom. The van der Waals surface area contributed by atoms with Gasteiger partial charge in [0.2, 0.25) is 5.75 Å². The molecule has 28 heavy (non-hydrogen) atoms. The first-order valence-electron chi connectivity index (χ1n) is 8.63. The molecule has 8 heteroatoms. The zero-order chi connectivity index (χ0) is 20.3. The first-order valence-corrected chi connectivity index (χ1v) is 9.45. The molecule has 3 rings (SSSR count). The summed E-state index contributed by atoms with van der Waals surface area (Å²) in [4.78, 5) is 17.7. The molecule has 0 fully saturated rings. The lowest BCUT2D eigenvalue weighted by atomic mass is 10.1. The highest BCUT2D eigenvalue weighted by Gasteiger charge is 2.17. The molecule has 0 aliphatic heterocycles. The minimum absolute atomic E-state index is 0.349. The molecule has 0 saturated heterocycles. The van der Waals surface area contributed by atoms with E-state index in [9.17, 15) is 4.79 Å². The second-order valence-electron chi connectivity index (χ2n) is 5.84. The molecule has 1 heterocycles. The highest BCUT2D eigenvalue weighted by Crippen LogP contribution is 2.38. The maximum Gasteiger partial charge on any atom is 0.279 e. The lowest BCUT2D eigenvalue weighted by Crippen LogP contribution is -2.13. The molecule has 0 unspecified atom stereocenters. The number of thiazole rings is 1. The largest absolute Gasteiger partial charge is 0.494 e. The summed E-state index contributed by atoms with van der Waals surface area (Å²) >= 11 is 1.42. The number of methoxy groups -OCH3 is 3. The van der Waals surface area contributed by atoms with Crippen molar-refractivity contribution in [1.29, 1.82) is 0 Å². The molecule has 148 valence electrons. The summed E-state index contributed by atoms with van der Waals surface area (Å²) in [7, 11) is 6.40. The van der Waals surface area contributed by atoms with E-state index in [4.69, 9.17) is 18.9 Å². The quantitative estimate of drug-likeness (QED) is 0.632. The van der Waals surface area contributed by atoms with E-state index in [0.29, 0.717) is 34.2 Å². The van der Waals surface area contributed by atoms with E-state index < -0.39 is 5.91 Å². The van der Waals surface area contributed by atoms with Gasteiger partial charge in [-0.3, -0.25) is 4.79 Å². The van der Waals surface area contributed by atoms with Crippen LogP contribution in [0, 0.1) is 0 Å². The summed E-state index contributed by atoms with van der Waals surface area (Å²) in [5.74, 6) is 1.63. The smallest absolute Gasteiger partial charge is 0.279 e. The molecule has 0 atom stereocenters. The third-order valence-corrected chi connectivity index (χ3v) is 5.30. The Bertz CT molecular complexity index is 1060. The number of nitrogens with zero attached hydrogens (tertiary/aromatic N) is 2. The number of hydrogen-bond donors (Lipinski definition) is 0. The van der Waals surface area contributed by atoms with Gasteiger partial charge in [-0.1, -0.05) is 11.3 Å². The number of fused-ring (bicyclic) bond motifs is 1. The summed E-state index contributed by atoms with van der Waals surface area (Å²) in [6.07, 6.45) is 0. The van der Waals surface area contributed by atoms with Crippen molar-refractivity contribution in [2.24, 2.45) is 12.0 Å². The first kappa shape index (κ1) is 19.8. The van der Waals surface area contributed by atoms with Crippen LogP contribution >= 0.6 is 11.3 Å². The molecule has 7 nitrogen and oxygen atoms in total. The Hall–Kier alpha value is -3.00. The van der Waals surface area contributed by atoms with E-state index >= 15 is 0 Å². The molecule has 0 aliphatic rings. The molecule has 0 N–H and O–H groups in total. The minimum Gasteiger partial charge on any atom is -0.494 e. The third kappa shape index (κ3) is 3.68. The number of ether oxygens (including phenoxy) is 4. The van der Waals surface area contributed by atoms with Gasteiger partial charge in [-0.25, -0.2) is 0 Å². The van der Waals surface area contributed by atoms with E-state index in [2.05, 4.69) is 4.99 Å². The molecule has 2 aromatic carbocycles. The van der Waals surface area contributed by atoms with Crippen molar-refractivity contribution in [2.75, 3.05) is 27.9 Å². The molecule has 3 aromatic rings. The summed E-state index contributed by atoms with van der Waals surface area (Å²) in [6.45, 7) is 2.54. The van der Waals surface area contributed by atoms with Crippen molar-refractivity contribution in [1.82, 2.24) is 4.57 Å². The fourth-order valence-electron chi connectivity index (χ4n) is 2.83.